The van der Waals surface area contributed by atoms with Crippen molar-refractivity contribution in [3.63, 3.8) is 0 Å². The molecule has 4 heteroatoms. The molecule has 0 aliphatic rings. The lowest BCUT2D eigenvalue weighted by molar-refractivity contribution is 0.535. The van der Waals surface area contributed by atoms with Crippen molar-refractivity contribution in [2.24, 2.45) is 5.92 Å². The number of rotatable bonds is 5. The van der Waals surface area contributed by atoms with E-state index in [1.807, 2.05) is 24.3 Å². The van der Waals surface area contributed by atoms with Crippen LogP contribution in [0, 0.1) is 5.92 Å². The molecular weight excluding hydrogens is 246 g/mol. The highest BCUT2D eigenvalue weighted by atomic mass is 32.2. The number of sulfonamides is 1. The second kappa shape index (κ2) is 5.74. The maximum absolute atomic E-state index is 11.7. The molecule has 0 saturated carbocycles. The van der Waals surface area contributed by atoms with E-state index in [9.17, 15) is 8.42 Å². The normalized spacial score (nSPS) is 13.9. The largest absolute Gasteiger partial charge is 0.283 e. The molecular formula is C14H23NO2S. The molecule has 0 aromatic heterocycles. The maximum atomic E-state index is 11.7. The molecule has 0 saturated heterocycles. The lowest BCUT2D eigenvalue weighted by Crippen LogP contribution is -2.22. The summed E-state index contributed by atoms with van der Waals surface area (Å²) in [6.45, 7) is 9.87. The third-order valence-electron chi connectivity index (χ3n) is 3.32. The fourth-order valence-electron chi connectivity index (χ4n) is 1.52. The average molecular weight is 269 g/mol. The van der Waals surface area contributed by atoms with Gasteiger partial charge in [0.15, 0.2) is 0 Å². The molecule has 1 aromatic carbocycles. The molecule has 1 atom stereocenters. The van der Waals surface area contributed by atoms with Gasteiger partial charge in [-0.2, -0.15) is 0 Å². The molecule has 0 aliphatic carbocycles. The van der Waals surface area contributed by atoms with Gasteiger partial charge in [-0.15, -0.1) is 0 Å². The number of nitrogens with one attached hydrogen (secondary N) is 1. The van der Waals surface area contributed by atoms with E-state index in [-0.39, 0.29) is 0 Å². The minimum absolute atomic E-state index is 0.424. The van der Waals surface area contributed by atoms with Crippen LogP contribution in [0.25, 0.3) is 0 Å². The molecule has 0 aliphatic heterocycles. The van der Waals surface area contributed by atoms with Gasteiger partial charge in [0, 0.05) is 5.69 Å². The molecule has 0 bridgehead atoms. The number of hydrogen-bond donors (Lipinski definition) is 1. The summed E-state index contributed by atoms with van der Waals surface area (Å²) in [6, 6.07) is 7.63. The van der Waals surface area contributed by atoms with Crippen LogP contribution >= 0.6 is 0 Å². The molecule has 1 aromatic rings. The molecule has 0 spiro atoms. The summed E-state index contributed by atoms with van der Waals surface area (Å²) in [4.78, 5) is 0. The van der Waals surface area contributed by atoms with Crippen molar-refractivity contribution in [2.75, 3.05) is 4.72 Å². The van der Waals surface area contributed by atoms with E-state index in [1.54, 1.807) is 13.8 Å². The van der Waals surface area contributed by atoms with Crippen LogP contribution in [-0.4, -0.2) is 13.7 Å². The Hall–Kier alpha value is -1.03. The highest BCUT2D eigenvalue weighted by Crippen LogP contribution is 2.25. The Balaban J connectivity index is 2.85. The van der Waals surface area contributed by atoms with Gasteiger partial charge in [-0.25, -0.2) is 8.42 Å². The first kappa shape index (κ1) is 15.0. The lowest BCUT2D eigenvalue weighted by Gasteiger charge is -2.17. The SMILES string of the molecule is CC(C)C(C)c1ccc(NS(=O)(=O)C(C)C)cc1. The Labute approximate surface area is 111 Å². The fraction of sp³-hybridized carbons (Fsp3) is 0.571. The third kappa shape index (κ3) is 3.73. The smallest absolute Gasteiger partial charge is 0.235 e. The standard InChI is InChI=1S/C14H23NO2S/c1-10(2)12(5)13-6-8-14(9-7-13)15-18(16,17)11(3)4/h6-12,15H,1-5H3. The van der Waals surface area contributed by atoms with Gasteiger partial charge < -0.3 is 0 Å². The van der Waals surface area contributed by atoms with Gasteiger partial charge in [-0.1, -0.05) is 32.9 Å². The molecule has 102 valence electrons. The monoisotopic (exact) mass is 269 g/mol. The summed E-state index contributed by atoms with van der Waals surface area (Å²) in [5, 5.41) is -0.424. The Kier molecular flexibility index (Phi) is 4.79. The van der Waals surface area contributed by atoms with Crippen molar-refractivity contribution in [2.45, 2.75) is 45.8 Å². The van der Waals surface area contributed by atoms with E-state index in [2.05, 4.69) is 25.5 Å². The Morgan fingerprint density at radius 2 is 1.44 bits per heavy atom. The van der Waals surface area contributed by atoms with Crippen LogP contribution in [0.3, 0.4) is 0 Å². The predicted octanol–water partition coefficient (Wildman–Crippen LogP) is 3.60. The third-order valence-corrected chi connectivity index (χ3v) is 5.08. The molecule has 0 heterocycles. The average Bonchev–Trinajstić information content (AvgIpc) is 2.28. The highest BCUT2D eigenvalue weighted by Gasteiger charge is 2.16. The first-order chi connectivity index (χ1) is 8.24. The second-order valence-electron chi connectivity index (χ2n) is 5.35. The van der Waals surface area contributed by atoms with Gasteiger partial charge in [-0.3, -0.25) is 4.72 Å². The first-order valence-electron chi connectivity index (χ1n) is 6.35. The Morgan fingerprint density at radius 3 is 1.83 bits per heavy atom. The summed E-state index contributed by atoms with van der Waals surface area (Å²) in [6.07, 6.45) is 0. The van der Waals surface area contributed by atoms with Crippen molar-refractivity contribution in [1.82, 2.24) is 0 Å². The van der Waals surface area contributed by atoms with E-state index >= 15 is 0 Å². The molecule has 1 rings (SSSR count). The zero-order valence-electron chi connectivity index (χ0n) is 11.8. The van der Waals surface area contributed by atoms with E-state index in [0.29, 0.717) is 17.5 Å². The van der Waals surface area contributed by atoms with Crippen LogP contribution in [0.5, 0.6) is 0 Å². The van der Waals surface area contributed by atoms with Crippen LogP contribution in [0.2, 0.25) is 0 Å². The zero-order valence-corrected chi connectivity index (χ0v) is 12.6. The molecule has 0 amide bonds. The lowest BCUT2D eigenvalue weighted by atomic mass is 9.90. The number of benzene rings is 1. The molecule has 1 N–H and O–H groups in total. The van der Waals surface area contributed by atoms with E-state index in [1.165, 1.54) is 5.56 Å². The van der Waals surface area contributed by atoms with Crippen molar-refractivity contribution in [3.05, 3.63) is 29.8 Å². The van der Waals surface area contributed by atoms with Crippen LogP contribution in [0.1, 0.15) is 46.1 Å². The molecule has 0 radical (unpaired) electrons. The quantitative estimate of drug-likeness (QED) is 0.887. The van der Waals surface area contributed by atoms with E-state index in [0.717, 1.165) is 0 Å². The first-order valence-corrected chi connectivity index (χ1v) is 7.90. The minimum atomic E-state index is -3.25. The van der Waals surface area contributed by atoms with Gasteiger partial charge in [0.05, 0.1) is 5.25 Å². The molecule has 0 fully saturated rings. The van der Waals surface area contributed by atoms with Crippen LogP contribution in [0.15, 0.2) is 24.3 Å². The maximum Gasteiger partial charge on any atom is 0.235 e. The summed E-state index contributed by atoms with van der Waals surface area (Å²) >= 11 is 0. The molecule has 1 unspecified atom stereocenters. The fourth-order valence-corrected chi connectivity index (χ4v) is 2.22. The topological polar surface area (TPSA) is 46.2 Å². The van der Waals surface area contributed by atoms with Crippen molar-refractivity contribution >= 4 is 15.7 Å². The Morgan fingerprint density at radius 1 is 0.944 bits per heavy atom. The Bertz CT molecular complexity index is 475. The predicted molar refractivity (Wildman–Crippen MR) is 77.4 cm³/mol. The van der Waals surface area contributed by atoms with Gasteiger partial charge in [-0.05, 0) is 43.4 Å². The van der Waals surface area contributed by atoms with Gasteiger partial charge in [0.25, 0.3) is 0 Å². The molecule has 3 nitrogen and oxygen atoms in total. The van der Waals surface area contributed by atoms with E-state index in [4.69, 9.17) is 0 Å². The summed E-state index contributed by atoms with van der Waals surface area (Å²) < 4.78 is 26.0. The van der Waals surface area contributed by atoms with Gasteiger partial charge in [0.2, 0.25) is 10.0 Å². The zero-order chi connectivity index (χ0) is 13.9. The summed E-state index contributed by atoms with van der Waals surface area (Å²) in [5.74, 6) is 1.05. The van der Waals surface area contributed by atoms with Crippen LogP contribution < -0.4 is 4.72 Å². The summed E-state index contributed by atoms with van der Waals surface area (Å²) in [7, 11) is -3.25. The van der Waals surface area contributed by atoms with Crippen molar-refractivity contribution in [1.29, 1.82) is 0 Å². The van der Waals surface area contributed by atoms with Gasteiger partial charge >= 0.3 is 0 Å². The molecule has 18 heavy (non-hydrogen) atoms. The van der Waals surface area contributed by atoms with E-state index < -0.39 is 15.3 Å². The summed E-state index contributed by atoms with van der Waals surface area (Å²) in [5.41, 5.74) is 1.86. The van der Waals surface area contributed by atoms with Crippen molar-refractivity contribution < 1.29 is 8.42 Å². The van der Waals surface area contributed by atoms with Crippen LogP contribution in [0.4, 0.5) is 5.69 Å². The number of anilines is 1. The number of hydrogen-bond acceptors (Lipinski definition) is 2. The van der Waals surface area contributed by atoms with Crippen molar-refractivity contribution in [3.8, 4) is 0 Å². The van der Waals surface area contributed by atoms with Gasteiger partial charge in [0.1, 0.15) is 0 Å². The van der Waals surface area contributed by atoms with Crippen LogP contribution in [-0.2, 0) is 10.0 Å². The second-order valence-corrected chi connectivity index (χ2v) is 7.59. The highest BCUT2D eigenvalue weighted by molar-refractivity contribution is 7.93. The minimum Gasteiger partial charge on any atom is -0.283 e.